The number of para-hydroxylation sites is 2. The number of nitrogens with zero attached hydrogens (tertiary/aromatic N) is 2. The molecule has 148 valence electrons. The zero-order chi connectivity index (χ0) is 20.1. The van der Waals surface area contributed by atoms with E-state index in [9.17, 15) is 0 Å². The molecule has 0 radical (unpaired) electrons. The van der Waals surface area contributed by atoms with Crippen LogP contribution in [0.2, 0.25) is 0 Å². The summed E-state index contributed by atoms with van der Waals surface area (Å²) in [6.45, 7) is 5.93. The average Bonchev–Trinajstić information content (AvgIpc) is 3.11. The number of benzene rings is 3. The number of ether oxygens (including phenoxy) is 2. The minimum absolute atomic E-state index is 0.421. The van der Waals surface area contributed by atoms with Gasteiger partial charge >= 0.3 is 0 Å². The normalized spacial score (nSPS) is 11.0. The molecule has 0 saturated carbocycles. The highest BCUT2D eigenvalue weighted by molar-refractivity contribution is 5.75. The van der Waals surface area contributed by atoms with Gasteiger partial charge in [-0.05, 0) is 55.3 Å². The molecule has 0 aliphatic rings. The molecule has 0 N–H and O–H groups in total. The topological polar surface area (TPSA) is 36.3 Å². The van der Waals surface area contributed by atoms with E-state index in [1.165, 1.54) is 11.1 Å². The lowest BCUT2D eigenvalue weighted by Gasteiger charge is -2.12. The van der Waals surface area contributed by atoms with E-state index in [1.807, 2.05) is 42.5 Å². The quantitative estimate of drug-likeness (QED) is 0.397. The Bertz CT molecular complexity index is 1070. The number of rotatable bonds is 8. The van der Waals surface area contributed by atoms with Crippen LogP contribution in [0.4, 0.5) is 0 Å². The number of imidazole rings is 1. The van der Waals surface area contributed by atoms with Crippen molar-refractivity contribution in [3.05, 3.63) is 89.7 Å². The standard InChI is InChI=1S/C25H26N2O2/c1-3-20-10-14-22(15-11-20)29-18-25-26-23-6-4-5-7-24(23)27(25)16-17-28-21-12-8-19(2)9-13-21/h4-15H,3,16-18H2,1-2H3. The van der Waals surface area contributed by atoms with Crippen LogP contribution in [0.1, 0.15) is 23.9 Å². The Balaban J connectivity index is 1.48. The fraction of sp³-hybridized carbons (Fsp3) is 0.240. The van der Waals surface area contributed by atoms with Crippen molar-refractivity contribution in [1.29, 1.82) is 0 Å². The fourth-order valence-electron chi connectivity index (χ4n) is 3.34. The lowest BCUT2D eigenvalue weighted by Crippen LogP contribution is -2.13. The maximum Gasteiger partial charge on any atom is 0.148 e. The van der Waals surface area contributed by atoms with E-state index in [2.05, 4.69) is 48.7 Å². The van der Waals surface area contributed by atoms with Gasteiger partial charge in [-0.1, -0.05) is 48.9 Å². The van der Waals surface area contributed by atoms with E-state index in [4.69, 9.17) is 14.5 Å². The molecule has 0 bridgehead atoms. The highest BCUT2D eigenvalue weighted by Gasteiger charge is 2.11. The van der Waals surface area contributed by atoms with Gasteiger partial charge in [-0.2, -0.15) is 0 Å². The summed E-state index contributed by atoms with van der Waals surface area (Å²) >= 11 is 0. The van der Waals surface area contributed by atoms with E-state index in [1.54, 1.807) is 0 Å². The van der Waals surface area contributed by atoms with Crippen LogP contribution in [0, 0.1) is 6.92 Å². The van der Waals surface area contributed by atoms with Gasteiger partial charge in [-0.15, -0.1) is 0 Å². The molecule has 0 amide bonds. The highest BCUT2D eigenvalue weighted by Crippen LogP contribution is 2.19. The third-order valence-electron chi connectivity index (χ3n) is 5.04. The number of aryl methyl sites for hydroxylation is 2. The summed E-state index contributed by atoms with van der Waals surface area (Å²) in [4.78, 5) is 4.78. The Morgan fingerprint density at radius 1 is 0.828 bits per heavy atom. The van der Waals surface area contributed by atoms with E-state index >= 15 is 0 Å². The molecule has 0 saturated heterocycles. The molecule has 3 aromatic carbocycles. The summed E-state index contributed by atoms with van der Waals surface area (Å²) in [5.74, 6) is 2.64. The van der Waals surface area contributed by atoms with Gasteiger partial charge in [0.25, 0.3) is 0 Å². The van der Waals surface area contributed by atoms with Crippen molar-refractivity contribution >= 4 is 11.0 Å². The highest BCUT2D eigenvalue weighted by atomic mass is 16.5. The van der Waals surface area contributed by atoms with Gasteiger partial charge in [0.2, 0.25) is 0 Å². The Morgan fingerprint density at radius 2 is 1.52 bits per heavy atom. The van der Waals surface area contributed by atoms with Crippen LogP contribution in [-0.2, 0) is 19.6 Å². The molecule has 0 aliphatic carbocycles. The molecule has 29 heavy (non-hydrogen) atoms. The minimum Gasteiger partial charge on any atom is -0.492 e. The summed E-state index contributed by atoms with van der Waals surface area (Å²) in [5.41, 5.74) is 4.60. The Hall–Kier alpha value is -3.27. The van der Waals surface area contributed by atoms with Crippen LogP contribution in [-0.4, -0.2) is 16.2 Å². The fourth-order valence-corrected chi connectivity index (χ4v) is 3.34. The van der Waals surface area contributed by atoms with Gasteiger partial charge in [-0.25, -0.2) is 4.98 Å². The molecular formula is C25H26N2O2. The first-order chi connectivity index (χ1) is 14.2. The second-order valence-corrected chi connectivity index (χ2v) is 7.12. The van der Waals surface area contributed by atoms with Crippen molar-refractivity contribution in [3.63, 3.8) is 0 Å². The molecule has 4 nitrogen and oxygen atoms in total. The lowest BCUT2D eigenvalue weighted by atomic mass is 10.2. The maximum absolute atomic E-state index is 6.02. The summed E-state index contributed by atoms with van der Waals surface area (Å²) in [5, 5.41) is 0. The molecule has 1 aromatic heterocycles. The molecule has 0 fully saturated rings. The van der Waals surface area contributed by atoms with Gasteiger partial charge < -0.3 is 14.0 Å². The number of hydrogen-bond acceptors (Lipinski definition) is 3. The molecule has 0 atom stereocenters. The van der Waals surface area contributed by atoms with Crippen molar-refractivity contribution in [1.82, 2.24) is 9.55 Å². The third-order valence-corrected chi connectivity index (χ3v) is 5.04. The van der Waals surface area contributed by atoms with Gasteiger partial charge in [0.05, 0.1) is 17.6 Å². The van der Waals surface area contributed by atoms with Crippen LogP contribution < -0.4 is 9.47 Å². The predicted octanol–water partition coefficient (Wildman–Crippen LogP) is 5.57. The number of fused-ring (bicyclic) bond motifs is 1. The molecule has 4 rings (SSSR count). The molecule has 0 aliphatic heterocycles. The SMILES string of the molecule is CCc1ccc(OCc2nc3ccccc3n2CCOc2ccc(C)cc2)cc1. The number of hydrogen-bond donors (Lipinski definition) is 0. The molecule has 0 unspecified atom stereocenters. The van der Waals surface area contributed by atoms with E-state index in [0.717, 1.165) is 34.8 Å². The van der Waals surface area contributed by atoms with Crippen molar-refractivity contribution in [2.45, 2.75) is 33.4 Å². The average molecular weight is 386 g/mol. The van der Waals surface area contributed by atoms with Crippen molar-refractivity contribution in [2.24, 2.45) is 0 Å². The largest absolute Gasteiger partial charge is 0.492 e. The molecular weight excluding hydrogens is 360 g/mol. The first kappa shape index (κ1) is 19.1. The second kappa shape index (κ2) is 8.82. The van der Waals surface area contributed by atoms with Gasteiger partial charge in [0, 0.05) is 0 Å². The molecule has 1 heterocycles. The van der Waals surface area contributed by atoms with E-state index in [0.29, 0.717) is 19.8 Å². The zero-order valence-corrected chi connectivity index (χ0v) is 17.0. The lowest BCUT2D eigenvalue weighted by molar-refractivity contribution is 0.272. The van der Waals surface area contributed by atoms with E-state index < -0.39 is 0 Å². The van der Waals surface area contributed by atoms with Gasteiger partial charge in [0.15, 0.2) is 0 Å². The van der Waals surface area contributed by atoms with Crippen molar-refractivity contribution in [2.75, 3.05) is 6.61 Å². The first-order valence-corrected chi connectivity index (χ1v) is 10.1. The molecule has 4 aromatic rings. The van der Waals surface area contributed by atoms with Gasteiger partial charge in [0.1, 0.15) is 30.5 Å². The van der Waals surface area contributed by atoms with Crippen LogP contribution in [0.15, 0.2) is 72.8 Å². The Morgan fingerprint density at radius 3 is 2.28 bits per heavy atom. The zero-order valence-electron chi connectivity index (χ0n) is 17.0. The van der Waals surface area contributed by atoms with Crippen molar-refractivity contribution < 1.29 is 9.47 Å². The predicted molar refractivity (Wildman–Crippen MR) is 117 cm³/mol. The Kier molecular flexibility index (Phi) is 5.80. The third kappa shape index (κ3) is 4.60. The van der Waals surface area contributed by atoms with Gasteiger partial charge in [-0.3, -0.25) is 0 Å². The maximum atomic E-state index is 6.02. The molecule has 0 spiro atoms. The molecule has 4 heteroatoms. The second-order valence-electron chi connectivity index (χ2n) is 7.12. The smallest absolute Gasteiger partial charge is 0.148 e. The summed E-state index contributed by atoms with van der Waals surface area (Å²) < 4.78 is 14.1. The number of aromatic nitrogens is 2. The summed E-state index contributed by atoms with van der Waals surface area (Å²) in [7, 11) is 0. The minimum atomic E-state index is 0.421. The van der Waals surface area contributed by atoms with Crippen LogP contribution in [0.5, 0.6) is 11.5 Å². The first-order valence-electron chi connectivity index (χ1n) is 10.1. The van der Waals surface area contributed by atoms with Crippen molar-refractivity contribution in [3.8, 4) is 11.5 Å². The summed E-state index contributed by atoms with van der Waals surface area (Å²) in [6, 6.07) is 24.6. The summed E-state index contributed by atoms with van der Waals surface area (Å²) in [6.07, 6.45) is 1.02. The Labute approximate surface area is 171 Å². The van der Waals surface area contributed by atoms with Crippen LogP contribution in [0.25, 0.3) is 11.0 Å². The van der Waals surface area contributed by atoms with E-state index in [-0.39, 0.29) is 0 Å². The monoisotopic (exact) mass is 386 g/mol. The van der Waals surface area contributed by atoms with Crippen LogP contribution >= 0.6 is 0 Å². The van der Waals surface area contributed by atoms with Crippen LogP contribution in [0.3, 0.4) is 0 Å².